The number of methoxy groups -OCH3 is 2. The Bertz CT molecular complexity index is 1140. The van der Waals surface area contributed by atoms with Crippen LogP contribution in [0.15, 0.2) is 42.5 Å². The molecule has 0 radical (unpaired) electrons. The fourth-order valence-corrected chi connectivity index (χ4v) is 5.83. The Morgan fingerprint density at radius 3 is 2.27 bits per heavy atom. The molecule has 0 bridgehead atoms. The van der Waals surface area contributed by atoms with Crippen LogP contribution in [-0.2, 0) is 27.2 Å². The number of ether oxygens (including phenoxy) is 4. The first-order valence-corrected chi connectivity index (χ1v) is 16.5. The third-order valence-electron chi connectivity index (χ3n) is 8.90. The van der Waals surface area contributed by atoms with Gasteiger partial charge in [0.2, 0.25) is 5.91 Å². The molecular formula is C36H57N3O6. The van der Waals surface area contributed by atoms with Crippen molar-refractivity contribution in [3.05, 3.63) is 53.6 Å². The summed E-state index contributed by atoms with van der Waals surface area (Å²) in [5.74, 6) is 1.70. The Labute approximate surface area is 270 Å². The van der Waals surface area contributed by atoms with Crippen LogP contribution >= 0.6 is 0 Å². The molecule has 4 N–H and O–H groups in total. The van der Waals surface area contributed by atoms with Crippen molar-refractivity contribution in [2.75, 3.05) is 58.6 Å². The lowest BCUT2D eigenvalue weighted by Gasteiger charge is -2.30. The lowest BCUT2D eigenvalue weighted by molar-refractivity contribution is -0.127. The predicted octanol–water partition coefficient (Wildman–Crippen LogP) is 4.82. The minimum Gasteiger partial charge on any atom is -0.493 e. The second-order valence-electron chi connectivity index (χ2n) is 12.9. The van der Waals surface area contributed by atoms with Gasteiger partial charge in [-0.05, 0) is 72.4 Å². The topological polar surface area (TPSA) is 116 Å². The highest BCUT2D eigenvalue weighted by atomic mass is 16.5. The van der Waals surface area contributed by atoms with E-state index in [1.54, 1.807) is 14.2 Å². The van der Waals surface area contributed by atoms with Gasteiger partial charge < -0.3 is 40.0 Å². The van der Waals surface area contributed by atoms with Gasteiger partial charge in [0.05, 0.1) is 33.0 Å². The molecule has 0 spiro atoms. The standard InChI is InChI=1S/C36H57N3O6/c1-25(2)29(20-28-10-13-34(43-6)35(21-28)45-17-7-16-42-5)22-32(37)33(40)23-31(26(3)4)36(41)38-24-27-8-11-30(12-9-27)39-14-18-44-19-15-39/h8-13,21,25-26,29,31-33,40H,7,14-20,22-24,37H2,1-6H3,(H,38,41)/t29-,31-,32-,33-/m0/s1. The molecule has 0 saturated carbocycles. The number of nitrogens with two attached hydrogens (primary N) is 1. The predicted molar refractivity (Wildman–Crippen MR) is 180 cm³/mol. The van der Waals surface area contributed by atoms with Crippen molar-refractivity contribution in [2.45, 2.75) is 72.1 Å². The fourth-order valence-electron chi connectivity index (χ4n) is 5.83. The van der Waals surface area contributed by atoms with E-state index in [-0.39, 0.29) is 23.7 Å². The number of hydrogen-bond donors (Lipinski definition) is 3. The summed E-state index contributed by atoms with van der Waals surface area (Å²) in [6.07, 6.45) is 1.79. The van der Waals surface area contributed by atoms with Crippen LogP contribution in [0, 0.1) is 23.7 Å². The van der Waals surface area contributed by atoms with E-state index in [9.17, 15) is 9.90 Å². The maximum atomic E-state index is 13.3. The maximum absolute atomic E-state index is 13.3. The number of hydrogen-bond acceptors (Lipinski definition) is 8. The van der Waals surface area contributed by atoms with Gasteiger partial charge >= 0.3 is 0 Å². The summed E-state index contributed by atoms with van der Waals surface area (Å²) in [6.45, 7) is 13.3. The van der Waals surface area contributed by atoms with Crippen LogP contribution in [0.3, 0.4) is 0 Å². The lowest BCUT2D eigenvalue weighted by Crippen LogP contribution is -2.42. The number of amides is 1. The van der Waals surface area contributed by atoms with Gasteiger partial charge in [-0.25, -0.2) is 0 Å². The number of carbonyl (C=O) groups excluding carboxylic acids is 1. The molecule has 1 saturated heterocycles. The zero-order chi connectivity index (χ0) is 32.8. The van der Waals surface area contributed by atoms with Crippen molar-refractivity contribution < 1.29 is 28.8 Å². The summed E-state index contributed by atoms with van der Waals surface area (Å²) >= 11 is 0. The third-order valence-corrected chi connectivity index (χ3v) is 8.90. The Kier molecular flexibility index (Phi) is 15.4. The first-order chi connectivity index (χ1) is 21.6. The van der Waals surface area contributed by atoms with Crippen molar-refractivity contribution in [1.82, 2.24) is 5.32 Å². The summed E-state index contributed by atoms with van der Waals surface area (Å²) in [4.78, 5) is 15.6. The minimum atomic E-state index is -0.784. The second-order valence-corrected chi connectivity index (χ2v) is 12.9. The highest BCUT2D eigenvalue weighted by Gasteiger charge is 2.30. The molecule has 252 valence electrons. The molecular weight excluding hydrogens is 570 g/mol. The molecule has 9 heteroatoms. The molecule has 3 rings (SSSR count). The number of anilines is 1. The van der Waals surface area contributed by atoms with Crippen molar-refractivity contribution >= 4 is 11.6 Å². The lowest BCUT2D eigenvalue weighted by atomic mass is 9.81. The van der Waals surface area contributed by atoms with Gasteiger partial charge in [-0.2, -0.15) is 0 Å². The summed E-state index contributed by atoms with van der Waals surface area (Å²) in [5.41, 5.74) is 9.97. The van der Waals surface area contributed by atoms with E-state index in [1.165, 1.54) is 5.69 Å². The van der Waals surface area contributed by atoms with E-state index in [2.05, 4.69) is 54.4 Å². The van der Waals surface area contributed by atoms with Crippen LogP contribution in [0.4, 0.5) is 5.69 Å². The number of aliphatic hydroxyl groups excluding tert-OH is 1. The van der Waals surface area contributed by atoms with Gasteiger partial charge in [0.1, 0.15) is 0 Å². The van der Waals surface area contributed by atoms with Crippen LogP contribution in [0.25, 0.3) is 0 Å². The van der Waals surface area contributed by atoms with Crippen molar-refractivity contribution in [2.24, 2.45) is 29.4 Å². The van der Waals surface area contributed by atoms with Gasteiger partial charge in [0.25, 0.3) is 0 Å². The Morgan fingerprint density at radius 2 is 1.64 bits per heavy atom. The number of rotatable bonds is 19. The zero-order valence-electron chi connectivity index (χ0n) is 28.3. The normalized spacial score (nSPS) is 16.4. The van der Waals surface area contributed by atoms with E-state index >= 15 is 0 Å². The Morgan fingerprint density at radius 1 is 0.956 bits per heavy atom. The number of morpholine rings is 1. The largest absolute Gasteiger partial charge is 0.493 e. The Balaban J connectivity index is 1.55. The van der Waals surface area contributed by atoms with E-state index in [1.807, 2.05) is 26.0 Å². The van der Waals surface area contributed by atoms with Gasteiger partial charge in [-0.3, -0.25) is 4.79 Å². The SMILES string of the molecule is COCCCOc1cc(C[C@@H](C[C@H](N)[C@@H](O)C[C@H](C(=O)NCc2ccc(N3CCOCC3)cc2)C(C)C)C(C)C)ccc1OC. The molecule has 0 aromatic heterocycles. The van der Waals surface area contributed by atoms with Crippen molar-refractivity contribution in [3.63, 3.8) is 0 Å². The van der Waals surface area contributed by atoms with E-state index in [4.69, 9.17) is 24.7 Å². The first kappa shape index (κ1) is 36.6. The zero-order valence-corrected chi connectivity index (χ0v) is 28.3. The average molecular weight is 628 g/mol. The molecule has 2 aromatic rings. The molecule has 1 heterocycles. The van der Waals surface area contributed by atoms with E-state index < -0.39 is 12.1 Å². The summed E-state index contributed by atoms with van der Waals surface area (Å²) in [7, 11) is 3.32. The monoisotopic (exact) mass is 627 g/mol. The van der Waals surface area contributed by atoms with Crippen molar-refractivity contribution in [3.8, 4) is 11.5 Å². The molecule has 1 aliphatic heterocycles. The summed E-state index contributed by atoms with van der Waals surface area (Å²) in [5, 5.41) is 14.3. The van der Waals surface area contributed by atoms with Crippen molar-refractivity contribution in [1.29, 1.82) is 0 Å². The van der Waals surface area contributed by atoms with Crippen LogP contribution < -0.4 is 25.4 Å². The maximum Gasteiger partial charge on any atom is 0.223 e. The summed E-state index contributed by atoms with van der Waals surface area (Å²) < 4.78 is 22.1. The number of aliphatic hydroxyl groups is 1. The highest BCUT2D eigenvalue weighted by Crippen LogP contribution is 2.32. The molecule has 1 amide bonds. The van der Waals surface area contributed by atoms with Crippen LogP contribution in [0.1, 0.15) is 58.1 Å². The van der Waals surface area contributed by atoms with E-state index in [0.717, 1.165) is 56.0 Å². The molecule has 9 nitrogen and oxygen atoms in total. The number of nitrogens with one attached hydrogen (secondary N) is 1. The van der Waals surface area contributed by atoms with Crippen LogP contribution in [0.5, 0.6) is 11.5 Å². The number of benzene rings is 2. The van der Waals surface area contributed by atoms with Crippen LogP contribution in [-0.4, -0.2) is 76.9 Å². The minimum absolute atomic E-state index is 0.0508. The van der Waals surface area contributed by atoms with Gasteiger partial charge in [0, 0.05) is 57.4 Å². The summed E-state index contributed by atoms with van der Waals surface area (Å²) in [6, 6.07) is 13.9. The molecule has 1 aliphatic rings. The highest BCUT2D eigenvalue weighted by molar-refractivity contribution is 5.79. The molecule has 0 aliphatic carbocycles. The Hall–Kier alpha value is -2.85. The fraction of sp³-hybridized carbons (Fsp3) is 0.639. The van der Waals surface area contributed by atoms with Gasteiger partial charge in [-0.1, -0.05) is 45.9 Å². The second kappa shape index (κ2) is 19.0. The van der Waals surface area contributed by atoms with E-state index in [0.29, 0.717) is 44.3 Å². The molecule has 0 unspecified atom stereocenters. The molecule has 4 atom stereocenters. The average Bonchev–Trinajstić information content (AvgIpc) is 3.04. The first-order valence-electron chi connectivity index (χ1n) is 16.5. The number of nitrogens with zero attached hydrogens (tertiary/aromatic N) is 1. The molecule has 45 heavy (non-hydrogen) atoms. The molecule has 2 aromatic carbocycles. The van der Waals surface area contributed by atoms with Gasteiger partial charge in [-0.15, -0.1) is 0 Å². The quantitative estimate of drug-likeness (QED) is 0.190. The van der Waals surface area contributed by atoms with Gasteiger partial charge in [0.15, 0.2) is 11.5 Å². The number of carbonyl (C=O) groups is 1. The third kappa shape index (κ3) is 11.8. The smallest absolute Gasteiger partial charge is 0.223 e. The van der Waals surface area contributed by atoms with Crippen LogP contribution in [0.2, 0.25) is 0 Å². The molecule has 1 fully saturated rings.